The van der Waals surface area contributed by atoms with Crippen LogP contribution in [0.5, 0.6) is 0 Å². The lowest BCUT2D eigenvalue weighted by Gasteiger charge is -2.52. The number of hydrogen-bond acceptors (Lipinski definition) is 5. The van der Waals surface area contributed by atoms with Gasteiger partial charge in [-0.3, -0.25) is 4.90 Å². The van der Waals surface area contributed by atoms with E-state index in [-0.39, 0.29) is 12.1 Å². The summed E-state index contributed by atoms with van der Waals surface area (Å²) in [6.07, 6.45) is 0.00919. The summed E-state index contributed by atoms with van der Waals surface area (Å²) in [5.41, 5.74) is 0. The quantitative estimate of drug-likeness (QED) is 0.411. The van der Waals surface area contributed by atoms with E-state index in [0.717, 1.165) is 49.0 Å². The largest absolute Gasteiger partial charge is 0.373 e. The molecule has 0 bridgehead atoms. The second kappa shape index (κ2) is 10.8. The third-order valence-electron chi connectivity index (χ3n) is 4.82. The van der Waals surface area contributed by atoms with E-state index in [1.807, 2.05) is 0 Å². The van der Waals surface area contributed by atoms with Crippen molar-refractivity contribution in [1.82, 2.24) is 9.80 Å². The zero-order valence-corrected chi connectivity index (χ0v) is 18.1. The molecule has 6 heteroatoms. The number of hydrogen-bond donors (Lipinski definition) is 0. The molecule has 1 aliphatic rings. The molecule has 0 saturated carbocycles. The summed E-state index contributed by atoms with van der Waals surface area (Å²) in [6, 6.07) is 1.24. The van der Waals surface area contributed by atoms with Gasteiger partial charge in [-0.1, -0.05) is 13.8 Å². The normalized spacial score (nSPS) is 22.6. The number of ether oxygens (including phenoxy) is 3. The Morgan fingerprint density at radius 1 is 1.00 bits per heavy atom. The van der Waals surface area contributed by atoms with Crippen molar-refractivity contribution in [3.8, 4) is 0 Å². The third kappa shape index (κ3) is 5.00. The molecule has 0 aromatic heterocycles. The highest BCUT2D eigenvalue weighted by Gasteiger charge is 2.51. The van der Waals surface area contributed by atoms with Crippen LogP contribution in [0.15, 0.2) is 0 Å². The van der Waals surface area contributed by atoms with Gasteiger partial charge < -0.3 is 19.1 Å². The molecule has 138 valence electrons. The Kier molecular flexibility index (Phi) is 9.88. The van der Waals surface area contributed by atoms with Crippen molar-refractivity contribution in [1.29, 1.82) is 0 Å². The molecule has 1 aliphatic heterocycles. The Balaban J connectivity index is 3.20. The van der Waals surface area contributed by atoms with Crippen LogP contribution in [0, 0.1) is 0 Å². The van der Waals surface area contributed by atoms with E-state index in [1.54, 1.807) is 0 Å². The van der Waals surface area contributed by atoms with Gasteiger partial charge in [-0.05, 0) is 39.9 Å². The van der Waals surface area contributed by atoms with E-state index < -0.39 is 5.79 Å². The molecule has 0 aliphatic carbocycles. The van der Waals surface area contributed by atoms with Gasteiger partial charge in [-0.15, -0.1) is 0 Å². The molecule has 1 saturated heterocycles. The van der Waals surface area contributed by atoms with Crippen molar-refractivity contribution < 1.29 is 14.2 Å². The minimum atomic E-state index is -0.662. The van der Waals surface area contributed by atoms with E-state index in [9.17, 15) is 0 Å². The van der Waals surface area contributed by atoms with Crippen molar-refractivity contribution in [2.24, 2.45) is 0 Å². The van der Waals surface area contributed by atoms with Crippen LogP contribution in [0.25, 0.3) is 0 Å². The molecule has 23 heavy (non-hydrogen) atoms. The summed E-state index contributed by atoms with van der Waals surface area (Å²) in [5, 5.41) is 0. The maximum atomic E-state index is 6.35. The summed E-state index contributed by atoms with van der Waals surface area (Å²) < 4.78 is 18.8. The van der Waals surface area contributed by atoms with Crippen LogP contribution in [-0.4, -0.2) is 90.5 Å². The minimum absolute atomic E-state index is 0.00919. The fourth-order valence-electron chi connectivity index (χ4n) is 3.73. The molecule has 1 rings (SSSR count). The van der Waals surface area contributed by atoms with E-state index in [4.69, 9.17) is 14.2 Å². The van der Waals surface area contributed by atoms with Gasteiger partial charge in [0.05, 0.1) is 6.04 Å². The zero-order valence-electron chi connectivity index (χ0n) is 16.1. The van der Waals surface area contributed by atoms with Gasteiger partial charge in [0.2, 0.25) is 5.79 Å². The molecule has 0 spiro atoms. The first-order valence-corrected chi connectivity index (χ1v) is 10.9. The molecular formula is C17H38N2O3Si. The molecule has 5 nitrogen and oxygen atoms in total. The van der Waals surface area contributed by atoms with Crippen LogP contribution in [0.3, 0.4) is 0 Å². The first kappa shape index (κ1) is 21.1. The topological polar surface area (TPSA) is 34.2 Å². The highest BCUT2D eigenvalue weighted by Crippen LogP contribution is 2.33. The Labute approximate surface area is 146 Å². The van der Waals surface area contributed by atoms with Gasteiger partial charge in [-0.25, -0.2) is 0 Å². The Morgan fingerprint density at radius 2 is 1.65 bits per heavy atom. The molecule has 2 atom stereocenters. The van der Waals surface area contributed by atoms with E-state index in [0.29, 0.717) is 19.8 Å². The molecule has 0 aromatic rings. The first-order chi connectivity index (χ1) is 11.1. The van der Waals surface area contributed by atoms with Gasteiger partial charge in [-0.2, -0.15) is 0 Å². The van der Waals surface area contributed by atoms with Crippen molar-refractivity contribution in [3.05, 3.63) is 0 Å². The highest BCUT2D eigenvalue weighted by atomic mass is 28.1. The molecule has 1 fully saturated rings. The van der Waals surface area contributed by atoms with E-state index >= 15 is 0 Å². The van der Waals surface area contributed by atoms with E-state index in [2.05, 4.69) is 44.4 Å². The van der Waals surface area contributed by atoms with Gasteiger partial charge in [0, 0.05) is 49.7 Å². The SMILES string of the molecule is CCOC(C[SiH3])C(OCC)(OCC)C1CN(CC)CCN1CC. The van der Waals surface area contributed by atoms with Crippen molar-refractivity contribution in [3.63, 3.8) is 0 Å². The molecule has 0 N–H and O–H groups in total. The average Bonchev–Trinajstić information content (AvgIpc) is 2.58. The Morgan fingerprint density at radius 3 is 2.09 bits per heavy atom. The maximum Gasteiger partial charge on any atom is 0.211 e. The molecule has 0 aromatic carbocycles. The summed E-state index contributed by atoms with van der Waals surface area (Å²) in [5.74, 6) is -0.662. The third-order valence-corrected chi connectivity index (χ3v) is 5.56. The number of rotatable bonds is 11. The van der Waals surface area contributed by atoms with Gasteiger partial charge in [0.25, 0.3) is 0 Å². The highest BCUT2D eigenvalue weighted by molar-refractivity contribution is 6.08. The van der Waals surface area contributed by atoms with Gasteiger partial charge >= 0.3 is 0 Å². The minimum Gasteiger partial charge on any atom is -0.373 e. The summed E-state index contributed by atoms with van der Waals surface area (Å²) in [6.45, 7) is 17.9. The fourth-order valence-corrected chi connectivity index (χ4v) is 4.53. The molecule has 0 radical (unpaired) electrons. The summed E-state index contributed by atoms with van der Waals surface area (Å²) in [7, 11) is 1.08. The van der Waals surface area contributed by atoms with Crippen LogP contribution >= 0.6 is 0 Å². The summed E-state index contributed by atoms with van der Waals surface area (Å²) >= 11 is 0. The van der Waals surface area contributed by atoms with Crippen molar-refractivity contribution >= 4 is 10.2 Å². The van der Waals surface area contributed by atoms with E-state index in [1.165, 1.54) is 0 Å². The lowest BCUT2D eigenvalue weighted by molar-refractivity contribution is -0.316. The fraction of sp³-hybridized carbons (Fsp3) is 1.00. The standard InChI is InChI=1S/C17H38N2O3Si/c1-6-18-11-12-19(7-2)15(13-18)17(21-9-4,22-10-5)16(14-23)20-8-3/h15-16H,6-14H2,1-5,23H3. The molecule has 0 amide bonds. The lowest BCUT2D eigenvalue weighted by atomic mass is 9.96. The Bertz CT molecular complexity index is 314. The van der Waals surface area contributed by atoms with Crippen LogP contribution in [-0.2, 0) is 14.2 Å². The van der Waals surface area contributed by atoms with Crippen molar-refractivity contribution in [2.45, 2.75) is 58.6 Å². The zero-order chi connectivity index (χ0) is 17.3. The Hall–Kier alpha value is 0.0169. The predicted molar refractivity (Wildman–Crippen MR) is 99.3 cm³/mol. The monoisotopic (exact) mass is 346 g/mol. The second-order valence-electron chi connectivity index (χ2n) is 5.98. The molecule has 2 unspecified atom stereocenters. The van der Waals surface area contributed by atoms with Crippen LogP contribution in [0.1, 0.15) is 34.6 Å². The second-order valence-corrected chi connectivity index (χ2v) is 6.79. The van der Waals surface area contributed by atoms with Gasteiger partial charge in [0.1, 0.15) is 6.10 Å². The van der Waals surface area contributed by atoms with Crippen LogP contribution < -0.4 is 0 Å². The van der Waals surface area contributed by atoms with Crippen LogP contribution in [0.4, 0.5) is 0 Å². The average molecular weight is 347 g/mol. The maximum absolute atomic E-state index is 6.35. The molecule has 1 heterocycles. The predicted octanol–water partition coefficient (Wildman–Crippen LogP) is 0.971. The molecular weight excluding hydrogens is 308 g/mol. The smallest absolute Gasteiger partial charge is 0.211 e. The van der Waals surface area contributed by atoms with Crippen LogP contribution in [0.2, 0.25) is 6.04 Å². The first-order valence-electron chi connectivity index (χ1n) is 9.49. The lowest BCUT2D eigenvalue weighted by Crippen LogP contribution is -2.68. The number of piperazine rings is 1. The summed E-state index contributed by atoms with van der Waals surface area (Å²) in [4.78, 5) is 5.01. The van der Waals surface area contributed by atoms with Crippen molar-refractivity contribution in [2.75, 3.05) is 52.5 Å². The van der Waals surface area contributed by atoms with Gasteiger partial charge in [0.15, 0.2) is 0 Å². The number of likely N-dealkylation sites (N-methyl/N-ethyl adjacent to an activating group) is 2. The number of nitrogens with zero attached hydrogens (tertiary/aromatic N) is 2.